The van der Waals surface area contributed by atoms with Crippen molar-refractivity contribution >= 4 is 17.7 Å². The molecule has 0 aromatic heterocycles. The molecule has 0 N–H and O–H groups in total. The lowest BCUT2D eigenvalue weighted by Crippen LogP contribution is -2.43. The van der Waals surface area contributed by atoms with Crippen molar-refractivity contribution in [1.29, 1.82) is 0 Å². The Kier molecular flexibility index (Phi) is 5.97. The summed E-state index contributed by atoms with van der Waals surface area (Å²) in [7, 11) is 0. The van der Waals surface area contributed by atoms with Crippen molar-refractivity contribution in [3.63, 3.8) is 0 Å². The molecule has 126 valence electrons. The van der Waals surface area contributed by atoms with Crippen LogP contribution in [0.4, 0.5) is 0 Å². The normalized spacial score (nSPS) is 22.5. The predicted molar refractivity (Wildman–Crippen MR) is 92.6 cm³/mol. The van der Waals surface area contributed by atoms with Crippen LogP contribution in [0.2, 0.25) is 0 Å². The Morgan fingerprint density at radius 3 is 2.70 bits per heavy atom. The summed E-state index contributed by atoms with van der Waals surface area (Å²) >= 11 is 1.89. The Bertz CT molecular complexity index is 514. The Balaban J connectivity index is 1.60. The zero-order chi connectivity index (χ0) is 16.1. The largest absolute Gasteiger partial charge is 0.350 e. The molecule has 0 radical (unpaired) electrons. The Morgan fingerprint density at radius 1 is 1.26 bits per heavy atom. The summed E-state index contributed by atoms with van der Waals surface area (Å²) in [6.07, 6.45) is 1.96. The van der Waals surface area contributed by atoms with Crippen molar-refractivity contribution in [2.45, 2.75) is 31.8 Å². The molecule has 1 atom stereocenters. The van der Waals surface area contributed by atoms with Gasteiger partial charge < -0.3 is 14.4 Å². The number of carbonyl (C=O) groups excluding carboxylic acids is 1. The van der Waals surface area contributed by atoms with Crippen molar-refractivity contribution in [3.05, 3.63) is 35.4 Å². The van der Waals surface area contributed by atoms with Crippen LogP contribution in [0.1, 0.15) is 35.7 Å². The fourth-order valence-corrected chi connectivity index (χ4v) is 3.84. The maximum absolute atomic E-state index is 12.7. The number of likely N-dealkylation sites (tertiary alicyclic amines) is 1. The van der Waals surface area contributed by atoms with E-state index in [0.717, 1.165) is 43.0 Å². The first-order valence-electron chi connectivity index (χ1n) is 8.47. The first-order chi connectivity index (χ1) is 11.3. The summed E-state index contributed by atoms with van der Waals surface area (Å²) in [6.45, 7) is 5.07. The van der Waals surface area contributed by atoms with Crippen molar-refractivity contribution in [2.24, 2.45) is 5.92 Å². The van der Waals surface area contributed by atoms with E-state index < -0.39 is 0 Å². The summed E-state index contributed by atoms with van der Waals surface area (Å²) in [5.74, 6) is 2.55. The summed E-state index contributed by atoms with van der Waals surface area (Å²) in [4.78, 5) is 14.7. The van der Waals surface area contributed by atoms with Crippen molar-refractivity contribution < 1.29 is 14.3 Å². The van der Waals surface area contributed by atoms with Crippen LogP contribution in [0.5, 0.6) is 0 Å². The third-order valence-electron chi connectivity index (χ3n) is 4.45. The first kappa shape index (κ1) is 16.8. The number of nitrogens with zero attached hydrogens (tertiary/aromatic N) is 1. The molecule has 23 heavy (non-hydrogen) atoms. The van der Waals surface area contributed by atoms with Gasteiger partial charge in [-0.15, -0.1) is 0 Å². The highest BCUT2D eigenvalue weighted by atomic mass is 32.2. The van der Waals surface area contributed by atoms with E-state index in [1.165, 1.54) is 5.56 Å². The highest BCUT2D eigenvalue weighted by molar-refractivity contribution is 7.98. The number of hydrogen-bond acceptors (Lipinski definition) is 4. The SMILES string of the molecule is CCSCc1ccc(C(=O)N2CCCC(C3OCCO3)C2)cc1. The fourth-order valence-electron chi connectivity index (χ4n) is 3.21. The van der Waals surface area contributed by atoms with Gasteiger partial charge in [-0.2, -0.15) is 11.8 Å². The first-order valence-corrected chi connectivity index (χ1v) is 9.62. The number of benzene rings is 1. The predicted octanol–water partition coefficient (Wildman–Crippen LogP) is 3.16. The van der Waals surface area contributed by atoms with E-state index >= 15 is 0 Å². The molecule has 2 aliphatic heterocycles. The van der Waals surface area contributed by atoms with Gasteiger partial charge in [-0.25, -0.2) is 0 Å². The minimum atomic E-state index is -0.126. The summed E-state index contributed by atoms with van der Waals surface area (Å²) in [5.41, 5.74) is 2.06. The molecule has 2 aliphatic rings. The zero-order valence-electron chi connectivity index (χ0n) is 13.7. The molecule has 1 aromatic rings. The summed E-state index contributed by atoms with van der Waals surface area (Å²) < 4.78 is 11.2. The summed E-state index contributed by atoms with van der Waals surface area (Å²) in [5, 5.41) is 0. The van der Waals surface area contributed by atoms with Crippen molar-refractivity contribution in [1.82, 2.24) is 4.90 Å². The second-order valence-corrected chi connectivity index (χ2v) is 7.37. The van der Waals surface area contributed by atoms with E-state index in [2.05, 4.69) is 19.1 Å². The van der Waals surface area contributed by atoms with Gasteiger partial charge in [-0.05, 0) is 36.3 Å². The molecule has 2 heterocycles. The molecule has 2 fully saturated rings. The number of hydrogen-bond donors (Lipinski definition) is 0. The van der Waals surface area contributed by atoms with Crippen LogP contribution in [0.25, 0.3) is 0 Å². The molecule has 4 nitrogen and oxygen atoms in total. The van der Waals surface area contributed by atoms with Gasteiger partial charge in [0.05, 0.1) is 13.2 Å². The second kappa shape index (κ2) is 8.18. The van der Waals surface area contributed by atoms with Gasteiger partial charge in [-0.1, -0.05) is 19.1 Å². The minimum absolute atomic E-state index is 0.126. The highest BCUT2D eigenvalue weighted by Crippen LogP contribution is 2.26. The molecule has 2 saturated heterocycles. The highest BCUT2D eigenvalue weighted by Gasteiger charge is 2.32. The number of thioether (sulfide) groups is 1. The van der Waals surface area contributed by atoms with Crippen molar-refractivity contribution in [2.75, 3.05) is 32.1 Å². The lowest BCUT2D eigenvalue weighted by molar-refractivity contribution is -0.0969. The molecule has 0 saturated carbocycles. The van der Waals surface area contributed by atoms with E-state index in [9.17, 15) is 4.79 Å². The van der Waals surface area contributed by atoms with Crippen LogP contribution in [0.15, 0.2) is 24.3 Å². The lowest BCUT2D eigenvalue weighted by atomic mass is 9.96. The monoisotopic (exact) mass is 335 g/mol. The molecular formula is C18H25NO3S. The Hall–Kier alpha value is -1.04. The maximum atomic E-state index is 12.7. The topological polar surface area (TPSA) is 38.8 Å². The molecule has 1 aromatic carbocycles. The van der Waals surface area contributed by atoms with Gasteiger partial charge in [0.15, 0.2) is 6.29 Å². The molecular weight excluding hydrogens is 310 g/mol. The van der Waals surface area contributed by atoms with Crippen LogP contribution in [-0.4, -0.2) is 49.2 Å². The number of ether oxygens (including phenoxy) is 2. The van der Waals surface area contributed by atoms with Crippen LogP contribution in [-0.2, 0) is 15.2 Å². The van der Waals surface area contributed by atoms with E-state index in [4.69, 9.17) is 9.47 Å². The van der Waals surface area contributed by atoms with E-state index in [-0.39, 0.29) is 12.2 Å². The third kappa shape index (κ3) is 4.28. The Morgan fingerprint density at radius 2 is 2.00 bits per heavy atom. The van der Waals surface area contributed by atoms with Gasteiger partial charge in [0.25, 0.3) is 5.91 Å². The molecule has 0 bridgehead atoms. The maximum Gasteiger partial charge on any atom is 0.253 e. The van der Waals surface area contributed by atoms with Crippen LogP contribution < -0.4 is 0 Å². The average molecular weight is 335 g/mol. The lowest BCUT2D eigenvalue weighted by Gasteiger charge is -2.34. The molecule has 3 rings (SSSR count). The molecule has 1 amide bonds. The number of piperidine rings is 1. The van der Waals surface area contributed by atoms with E-state index in [1.807, 2.05) is 28.8 Å². The van der Waals surface area contributed by atoms with Gasteiger partial charge in [0, 0.05) is 30.3 Å². The summed E-state index contributed by atoms with van der Waals surface area (Å²) in [6, 6.07) is 8.06. The van der Waals surface area contributed by atoms with Gasteiger partial charge in [0.2, 0.25) is 0 Å². The molecule has 0 spiro atoms. The zero-order valence-corrected chi connectivity index (χ0v) is 14.5. The molecule has 1 unspecified atom stereocenters. The van der Waals surface area contributed by atoms with E-state index in [1.54, 1.807) is 0 Å². The Labute approximate surface area is 142 Å². The minimum Gasteiger partial charge on any atom is -0.350 e. The molecule has 0 aliphatic carbocycles. The standard InChI is InChI=1S/C18H25NO3S/c1-2-23-13-14-5-7-15(8-6-14)17(20)19-9-3-4-16(12-19)18-21-10-11-22-18/h5-8,16,18H,2-4,9-13H2,1H3. The van der Waals surface area contributed by atoms with E-state index in [0.29, 0.717) is 19.1 Å². The smallest absolute Gasteiger partial charge is 0.253 e. The number of amides is 1. The number of rotatable bonds is 5. The van der Waals surface area contributed by atoms with Crippen LogP contribution in [0, 0.1) is 5.92 Å². The molecule has 5 heteroatoms. The van der Waals surface area contributed by atoms with Crippen LogP contribution in [0.3, 0.4) is 0 Å². The van der Waals surface area contributed by atoms with Gasteiger partial charge >= 0.3 is 0 Å². The number of carbonyl (C=O) groups is 1. The second-order valence-electron chi connectivity index (χ2n) is 6.10. The van der Waals surface area contributed by atoms with Gasteiger partial charge in [-0.3, -0.25) is 4.79 Å². The fraction of sp³-hybridized carbons (Fsp3) is 0.611. The van der Waals surface area contributed by atoms with Crippen LogP contribution >= 0.6 is 11.8 Å². The third-order valence-corrected chi connectivity index (χ3v) is 5.40. The van der Waals surface area contributed by atoms with Crippen molar-refractivity contribution in [3.8, 4) is 0 Å². The quantitative estimate of drug-likeness (QED) is 0.828. The van der Waals surface area contributed by atoms with Gasteiger partial charge in [0.1, 0.15) is 0 Å². The average Bonchev–Trinajstić information content (AvgIpc) is 3.14.